The van der Waals surface area contributed by atoms with Gasteiger partial charge in [0.25, 0.3) is 11.8 Å². The minimum atomic E-state index is -0.565. The Morgan fingerprint density at radius 1 is 0.947 bits per heavy atom. The number of aromatic nitrogens is 3. The molecule has 2 amide bonds. The van der Waals surface area contributed by atoms with Crippen molar-refractivity contribution in [3.8, 4) is 16.9 Å². The standard InChI is InChI=1S/C29H21ClFN5O2/c1-18-22(28(30)36(35-18)21-13-11-20(31)12-14-21)15-16-27(37)33-34-29(38)24-17-26(19-7-3-2-4-8-19)32-25-10-6-5-9-23(24)25/h2-17H,1H3,(H,33,37)(H,34,38)/b16-15+. The fourth-order valence-electron chi connectivity index (χ4n) is 3.96. The number of carbonyl (C=O) groups excluding carboxylic acids is 2. The summed E-state index contributed by atoms with van der Waals surface area (Å²) in [4.78, 5) is 30.3. The van der Waals surface area contributed by atoms with Gasteiger partial charge in [0, 0.05) is 22.6 Å². The Balaban J connectivity index is 1.32. The van der Waals surface area contributed by atoms with Gasteiger partial charge in [0.05, 0.1) is 28.2 Å². The normalized spacial score (nSPS) is 11.1. The zero-order valence-electron chi connectivity index (χ0n) is 20.2. The maximum absolute atomic E-state index is 13.3. The first-order valence-corrected chi connectivity index (χ1v) is 12.0. The van der Waals surface area contributed by atoms with Crippen LogP contribution in [0, 0.1) is 12.7 Å². The highest BCUT2D eigenvalue weighted by Crippen LogP contribution is 2.26. The lowest BCUT2D eigenvalue weighted by molar-refractivity contribution is -0.117. The summed E-state index contributed by atoms with van der Waals surface area (Å²) in [6, 6.07) is 24.3. The van der Waals surface area contributed by atoms with Crippen LogP contribution in [0.15, 0.2) is 91.0 Å². The molecule has 38 heavy (non-hydrogen) atoms. The second kappa shape index (κ2) is 10.7. The molecule has 0 unspecified atom stereocenters. The number of amides is 2. The first-order chi connectivity index (χ1) is 18.4. The number of pyridine rings is 1. The van der Waals surface area contributed by atoms with E-state index in [0.717, 1.165) is 5.56 Å². The third-order valence-corrected chi connectivity index (χ3v) is 6.21. The molecule has 0 radical (unpaired) electrons. The van der Waals surface area contributed by atoms with Crippen LogP contribution in [0.2, 0.25) is 5.15 Å². The maximum atomic E-state index is 13.3. The Labute approximate surface area is 222 Å². The van der Waals surface area contributed by atoms with Crippen molar-refractivity contribution in [3.63, 3.8) is 0 Å². The van der Waals surface area contributed by atoms with E-state index in [4.69, 9.17) is 11.6 Å². The van der Waals surface area contributed by atoms with Crippen molar-refractivity contribution in [3.05, 3.63) is 119 Å². The van der Waals surface area contributed by atoms with Crippen LogP contribution in [0.25, 0.3) is 33.9 Å². The lowest BCUT2D eigenvalue weighted by Gasteiger charge is -2.11. The Hall–Kier alpha value is -4.82. The smallest absolute Gasteiger partial charge is 0.268 e. The van der Waals surface area contributed by atoms with E-state index in [0.29, 0.717) is 39.1 Å². The molecule has 0 aliphatic carbocycles. The first kappa shape index (κ1) is 24.9. The first-order valence-electron chi connectivity index (χ1n) is 11.7. The highest BCUT2D eigenvalue weighted by Gasteiger charge is 2.15. The largest absolute Gasteiger partial charge is 0.270 e. The highest BCUT2D eigenvalue weighted by atomic mass is 35.5. The summed E-state index contributed by atoms with van der Waals surface area (Å²) < 4.78 is 14.7. The van der Waals surface area contributed by atoms with E-state index in [1.165, 1.54) is 29.0 Å². The third-order valence-electron chi connectivity index (χ3n) is 5.85. The molecule has 2 heterocycles. The number of nitrogens with one attached hydrogen (secondary N) is 2. The number of aryl methyl sites for hydroxylation is 1. The molecule has 0 fully saturated rings. The van der Waals surface area contributed by atoms with Crippen molar-refractivity contribution < 1.29 is 14.0 Å². The summed E-state index contributed by atoms with van der Waals surface area (Å²) in [5.74, 6) is -1.42. The molecule has 5 rings (SSSR count). The minimum absolute atomic E-state index is 0.263. The molecule has 2 aromatic heterocycles. The number of hydrogen-bond donors (Lipinski definition) is 2. The molecule has 0 aliphatic rings. The SMILES string of the molecule is Cc1nn(-c2ccc(F)cc2)c(Cl)c1/C=C/C(=O)NNC(=O)c1cc(-c2ccccc2)nc2ccccc12. The van der Waals surface area contributed by atoms with Crippen LogP contribution in [0.3, 0.4) is 0 Å². The van der Waals surface area contributed by atoms with Crippen molar-refractivity contribution in [1.29, 1.82) is 0 Å². The number of benzene rings is 3. The molecule has 5 aromatic rings. The van der Waals surface area contributed by atoms with Crippen molar-refractivity contribution >= 4 is 40.4 Å². The number of hydrazine groups is 1. The van der Waals surface area contributed by atoms with Crippen LogP contribution in [0.1, 0.15) is 21.6 Å². The van der Waals surface area contributed by atoms with Crippen LogP contribution in [-0.2, 0) is 4.79 Å². The molecule has 0 bridgehead atoms. The molecule has 9 heteroatoms. The van der Waals surface area contributed by atoms with E-state index in [1.54, 1.807) is 31.2 Å². The number of nitrogens with zero attached hydrogens (tertiary/aromatic N) is 3. The topological polar surface area (TPSA) is 88.9 Å². The molecular formula is C29H21ClFN5O2. The summed E-state index contributed by atoms with van der Waals surface area (Å²) >= 11 is 6.46. The monoisotopic (exact) mass is 525 g/mol. The summed E-state index contributed by atoms with van der Waals surface area (Å²) in [5, 5.41) is 5.29. The fourth-order valence-corrected chi connectivity index (χ4v) is 4.30. The number of para-hydroxylation sites is 1. The van der Waals surface area contributed by atoms with Gasteiger partial charge in [0.1, 0.15) is 11.0 Å². The van der Waals surface area contributed by atoms with Crippen LogP contribution >= 0.6 is 11.6 Å². The van der Waals surface area contributed by atoms with Gasteiger partial charge < -0.3 is 0 Å². The zero-order chi connectivity index (χ0) is 26.6. The van der Waals surface area contributed by atoms with Gasteiger partial charge in [-0.3, -0.25) is 20.4 Å². The maximum Gasteiger partial charge on any atom is 0.270 e. The van der Waals surface area contributed by atoms with Crippen molar-refractivity contribution in [1.82, 2.24) is 25.6 Å². The lowest BCUT2D eigenvalue weighted by atomic mass is 10.0. The van der Waals surface area contributed by atoms with E-state index in [2.05, 4.69) is 20.9 Å². The average Bonchev–Trinajstić information content (AvgIpc) is 3.23. The van der Waals surface area contributed by atoms with Gasteiger partial charge >= 0.3 is 0 Å². The summed E-state index contributed by atoms with van der Waals surface area (Å²) in [5.41, 5.74) is 9.08. The molecule has 3 aromatic carbocycles. The van der Waals surface area contributed by atoms with Crippen LogP contribution in [-0.4, -0.2) is 26.6 Å². The van der Waals surface area contributed by atoms with E-state index >= 15 is 0 Å². The quantitative estimate of drug-likeness (QED) is 0.229. The molecule has 188 valence electrons. The van der Waals surface area contributed by atoms with Gasteiger partial charge in [0.2, 0.25) is 0 Å². The van der Waals surface area contributed by atoms with Crippen LogP contribution < -0.4 is 10.9 Å². The number of carbonyl (C=O) groups is 2. The number of hydrogen-bond acceptors (Lipinski definition) is 4. The van der Waals surface area contributed by atoms with Gasteiger partial charge in [0.15, 0.2) is 0 Å². The van der Waals surface area contributed by atoms with Crippen molar-refractivity contribution in [2.75, 3.05) is 0 Å². The Bertz CT molecular complexity index is 1680. The van der Waals surface area contributed by atoms with Crippen LogP contribution in [0.5, 0.6) is 0 Å². The molecule has 0 spiro atoms. The molecule has 0 atom stereocenters. The van der Waals surface area contributed by atoms with E-state index in [9.17, 15) is 14.0 Å². The van der Waals surface area contributed by atoms with Crippen molar-refractivity contribution in [2.24, 2.45) is 0 Å². The van der Waals surface area contributed by atoms with E-state index in [1.807, 2.05) is 48.5 Å². The molecule has 0 aliphatic heterocycles. The molecular weight excluding hydrogens is 505 g/mol. The second-order valence-corrected chi connectivity index (χ2v) is 8.75. The van der Waals surface area contributed by atoms with Gasteiger partial charge in [-0.1, -0.05) is 60.1 Å². The molecule has 2 N–H and O–H groups in total. The summed E-state index contributed by atoms with van der Waals surface area (Å²) in [7, 11) is 0. The number of fused-ring (bicyclic) bond motifs is 1. The van der Waals surface area contributed by atoms with Crippen molar-refractivity contribution in [2.45, 2.75) is 6.92 Å². The van der Waals surface area contributed by atoms with Crippen LogP contribution in [0.4, 0.5) is 4.39 Å². The fraction of sp³-hybridized carbons (Fsp3) is 0.0345. The Morgan fingerprint density at radius 3 is 2.42 bits per heavy atom. The molecule has 0 saturated heterocycles. The van der Waals surface area contributed by atoms with E-state index in [-0.39, 0.29) is 11.0 Å². The third kappa shape index (κ3) is 5.16. The van der Waals surface area contributed by atoms with Gasteiger partial charge in [-0.25, -0.2) is 14.1 Å². The predicted molar refractivity (Wildman–Crippen MR) is 145 cm³/mol. The predicted octanol–water partition coefficient (Wildman–Crippen LogP) is 5.66. The summed E-state index contributed by atoms with van der Waals surface area (Å²) in [6.07, 6.45) is 2.74. The van der Waals surface area contributed by atoms with E-state index < -0.39 is 11.8 Å². The zero-order valence-corrected chi connectivity index (χ0v) is 20.9. The summed E-state index contributed by atoms with van der Waals surface area (Å²) in [6.45, 7) is 1.74. The van der Waals surface area contributed by atoms with Gasteiger partial charge in [-0.05, 0) is 49.4 Å². The molecule has 0 saturated carbocycles. The minimum Gasteiger partial charge on any atom is -0.268 e. The van der Waals surface area contributed by atoms with Gasteiger partial charge in [-0.15, -0.1) is 0 Å². The number of halogens is 2. The average molecular weight is 526 g/mol. The Kier molecular flexibility index (Phi) is 6.97. The highest BCUT2D eigenvalue weighted by molar-refractivity contribution is 6.31. The lowest BCUT2D eigenvalue weighted by Crippen LogP contribution is -2.40. The Morgan fingerprint density at radius 2 is 1.66 bits per heavy atom. The second-order valence-electron chi connectivity index (χ2n) is 8.39. The molecule has 7 nitrogen and oxygen atoms in total. The number of rotatable bonds is 5. The van der Waals surface area contributed by atoms with Gasteiger partial charge in [-0.2, -0.15) is 5.10 Å².